The molecule has 0 bridgehead atoms. The van der Waals surface area contributed by atoms with Crippen LogP contribution in [0.3, 0.4) is 0 Å². The highest BCUT2D eigenvalue weighted by molar-refractivity contribution is 5.70. The summed E-state index contributed by atoms with van der Waals surface area (Å²) in [5.41, 5.74) is 0. The fourth-order valence-electron chi connectivity index (χ4n) is 2.86. The van der Waals surface area contributed by atoms with Crippen molar-refractivity contribution in [2.24, 2.45) is 5.92 Å². The van der Waals surface area contributed by atoms with E-state index in [0.29, 0.717) is 12.8 Å². The molecule has 4 nitrogen and oxygen atoms in total. The third-order valence-corrected chi connectivity index (χ3v) is 4.38. The van der Waals surface area contributed by atoms with Crippen molar-refractivity contribution in [3.05, 3.63) is 0 Å². The lowest BCUT2D eigenvalue weighted by atomic mass is 9.93. The fraction of sp³-hybridized carbons (Fsp3) is 0.944. The summed E-state index contributed by atoms with van der Waals surface area (Å²) in [6, 6.07) is 0. The van der Waals surface area contributed by atoms with Crippen LogP contribution in [0.2, 0.25) is 0 Å². The van der Waals surface area contributed by atoms with E-state index in [1.165, 1.54) is 44.9 Å². The van der Waals surface area contributed by atoms with Gasteiger partial charge in [0.2, 0.25) is 0 Å². The molecule has 3 N–H and O–H groups in total. The fourth-order valence-corrected chi connectivity index (χ4v) is 2.86. The Balaban J connectivity index is 3.57. The zero-order chi connectivity index (χ0) is 16.8. The SMILES string of the molecule is CCCCCCCCCCCC(O)CC(O)C(CC)C(=O)O. The van der Waals surface area contributed by atoms with Crippen LogP contribution in [0.5, 0.6) is 0 Å². The Bertz CT molecular complexity index is 268. The summed E-state index contributed by atoms with van der Waals surface area (Å²) in [6.45, 7) is 3.97. The zero-order valence-electron chi connectivity index (χ0n) is 14.5. The Kier molecular flexibility index (Phi) is 13.6. The van der Waals surface area contributed by atoms with Crippen molar-refractivity contribution < 1.29 is 20.1 Å². The average molecular weight is 316 g/mol. The van der Waals surface area contributed by atoms with Gasteiger partial charge in [0.05, 0.1) is 18.1 Å². The topological polar surface area (TPSA) is 77.8 Å². The molecule has 0 aliphatic rings. The van der Waals surface area contributed by atoms with E-state index < -0.39 is 24.1 Å². The van der Waals surface area contributed by atoms with Crippen molar-refractivity contribution in [2.45, 2.75) is 103 Å². The third-order valence-electron chi connectivity index (χ3n) is 4.38. The number of carbonyl (C=O) groups is 1. The predicted molar refractivity (Wildman–Crippen MR) is 89.9 cm³/mol. The quantitative estimate of drug-likeness (QED) is 0.397. The maximum Gasteiger partial charge on any atom is 0.309 e. The van der Waals surface area contributed by atoms with Gasteiger partial charge < -0.3 is 15.3 Å². The molecule has 0 saturated carbocycles. The van der Waals surface area contributed by atoms with Crippen molar-refractivity contribution in [1.29, 1.82) is 0 Å². The van der Waals surface area contributed by atoms with Gasteiger partial charge in [-0.25, -0.2) is 0 Å². The van der Waals surface area contributed by atoms with Crippen LogP contribution in [0.4, 0.5) is 0 Å². The predicted octanol–water partition coefficient (Wildman–Crippen LogP) is 4.13. The molecule has 3 unspecified atom stereocenters. The minimum Gasteiger partial charge on any atom is -0.481 e. The first-order chi connectivity index (χ1) is 10.5. The van der Waals surface area contributed by atoms with Gasteiger partial charge >= 0.3 is 5.97 Å². The highest BCUT2D eigenvalue weighted by atomic mass is 16.4. The van der Waals surface area contributed by atoms with Gasteiger partial charge in [0, 0.05) is 6.42 Å². The van der Waals surface area contributed by atoms with Crippen molar-refractivity contribution in [3.63, 3.8) is 0 Å². The lowest BCUT2D eigenvalue weighted by Crippen LogP contribution is -2.31. The van der Waals surface area contributed by atoms with E-state index in [9.17, 15) is 15.0 Å². The third kappa shape index (κ3) is 11.0. The molecule has 3 atom stereocenters. The molecule has 0 rings (SSSR count). The van der Waals surface area contributed by atoms with Crippen LogP contribution in [-0.4, -0.2) is 33.5 Å². The lowest BCUT2D eigenvalue weighted by Gasteiger charge is -2.20. The van der Waals surface area contributed by atoms with E-state index >= 15 is 0 Å². The van der Waals surface area contributed by atoms with Crippen LogP contribution in [0.25, 0.3) is 0 Å². The Hall–Kier alpha value is -0.610. The summed E-state index contributed by atoms with van der Waals surface area (Å²) >= 11 is 0. The van der Waals surface area contributed by atoms with Crippen molar-refractivity contribution in [2.75, 3.05) is 0 Å². The van der Waals surface area contributed by atoms with Gasteiger partial charge in [0.25, 0.3) is 0 Å². The molecule has 0 aromatic carbocycles. The summed E-state index contributed by atoms with van der Waals surface area (Å²) in [5.74, 6) is -1.75. The Morgan fingerprint density at radius 2 is 1.36 bits per heavy atom. The molecule has 0 heterocycles. The van der Waals surface area contributed by atoms with E-state index in [-0.39, 0.29) is 6.42 Å². The van der Waals surface area contributed by atoms with Gasteiger partial charge in [-0.15, -0.1) is 0 Å². The number of unbranched alkanes of at least 4 members (excludes halogenated alkanes) is 8. The largest absolute Gasteiger partial charge is 0.481 e. The molecule has 22 heavy (non-hydrogen) atoms. The highest BCUT2D eigenvalue weighted by Gasteiger charge is 2.26. The van der Waals surface area contributed by atoms with Gasteiger partial charge in [-0.05, 0) is 12.8 Å². The summed E-state index contributed by atoms with van der Waals surface area (Å²) in [6.07, 6.45) is 10.8. The van der Waals surface area contributed by atoms with Crippen molar-refractivity contribution >= 4 is 5.97 Å². The minimum absolute atomic E-state index is 0.168. The number of aliphatic hydroxyl groups excluding tert-OH is 2. The first kappa shape index (κ1) is 21.4. The van der Waals surface area contributed by atoms with Gasteiger partial charge in [-0.3, -0.25) is 4.79 Å². The number of rotatable bonds is 15. The number of carboxylic acid groups (broad SMARTS) is 1. The molecule has 0 aromatic rings. The molecule has 132 valence electrons. The molecule has 4 heteroatoms. The minimum atomic E-state index is -0.981. The van der Waals surface area contributed by atoms with Crippen molar-refractivity contribution in [1.82, 2.24) is 0 Å². The standard InChI is InChI=1S/C18H36O4/c1-3-5-6-7-8-9-10-11-12-13-15(19)14-17(20)16(4-2)18(21)22/h15-17,19-20H,3-14H2,1-2H3,(H,21,22). The van der Waals surface area contributed by atoms with E-state index in [1.54, 1.807) is 6.92 Å². The Morgan fingerprint density at radius 3 is 1.82 bits per heavy atom. The first-order valence-electron chi connectivity index (χ1n) is 9.11. The van der Waals surface area contributed by atoms with Crippen molar-refractivity contribution in [3.8, 4) is 0 Å². The molecule has 0 saturated heterocycles. The van der Waals surface area contributed by atoms with Gasteiger partial charge in [-0.1, -0.05) is 71.6 Å². The second-order valence-electron chi connectivity index (χ2n) is 6.43. The zero-order valence-corrected chi connectivity index (χ0v) is 14.5. The van der Waals surface area contributed by atoms with E-state index in [1.807, 2.05) is 0 Å². The molecule has 0 radical (unpaired) electrons. The van der Waals surface area contributed by atoms with Crippen LogP contribution in [0, 0.1) is 5.92 Å². The van der Waals surface area contributed by atoms with Crippen LogP contribution in [0.1, 0.15) is 90.9 Å². The van der Waals surface area contributed by atoms with Crippen LogP contribution < -0.4 is 0 Å². The summed E-state index contributed by atoms with van der Waals surface area (Å²) < 4.78 is 0. The maximum absolute atomic E-state index is 10.9. The normalized spacial score (nSPS) is 15.5. The lowest BCUT2D eigenvalue weighted by molar-refractivity contribution is -0.146. The van der Waals surface area contributed by atoms with Crippen LogP contribution in [0.15, 0.2) is 0 Å². The maximum atomic E-state index is 10.9. The Labute approximate surface area is 135 Å². The smallest absolute Gasteiger partial charge is 0.309 e. The molecule has 0 amide bonds. The van der Waals surface area contributed by atoms with E-state index in [4.69, 9.17) is 5.11 Å². The number of hydrogen-bond donors (Lipinski definition) is 3. The molecular weight excluding hydrogens is 280 g/mol. The van der Waals surface area contributed by atoms with Crippen LogP contribution >= 0.6 is 0 Å². The monoisotopic (exact) mass is 316 g/mol. The van der Waals surface area contributed by atoms with E-state index in [0.717, 1.165) is 12.8 Å². The van der Waals surface area contributed by atoms with Gasteiger partial charge in [-0.2, -0.15) is 0 Å². The highest BCUT2D eigenvalue weighted by Crippen LogP contribution is 2.17. The molecule has 0 fully saturated rings. The number of carboxylic acids is 1. The number of aliphatic carboxylic acids is 1. The second kappa shape index (κ2) is 14.0. The molecule has 0 aromatic heterocycles. The average Bonchev–Trinajstić information content (AvgIpc) is 2.45. The van der Waals surface area contributed by atoms with E-state index in [2.05, 4.69) is 6.92 Å². The molecule has 0 aliphatic carbocycles. The molecule has 0 aliphatic heterocycles. The van der Waals surface area contributed by atoms with Gasteiger partial charge in [0.1, 0.15) is 0 Å². The molecule has 0 spiro atoms. The number of aliphatic hydroxyl groups is 2. The Morgan fingerprint density at radius 1 is 0.864 bits per heavy atom. The second-order valence-corrected chi connectivity index (χ2v) is 6.43. The van der Waals surface area contributed by atoms with Crippen LogP contribution in [-0.2, 0) is 4.79 Å². The molecular formula is C18H36O4. The summed E-state index contributed by atoms with van der Waals surface area (Å²) in [4.78, 5) is 10.9. The van der Waals surface area contributed by atoms with Gasteiger partial charge in [0.15, 0.2) is 0 Å². The number of hydrogen-bond acceptors (Lipinski definition) is 3. The summed E-state index contributed by atoms with van der Waals surface area (Å²) in [7, 11) is 0. The first-order valence-corrected chi connectivity index (χ1v) is 9.11. The summed E-state index contributed by atoms with van der Waals surface area (Å²) in [5, 5.41) is 28.7.